The van der Waals surface area contributed by atoms with E-state index in [2.05, 4.69) is 11.8 Å². The molecule has 1 aromatic carbocycles. The van der Waals surface area contributed by atoms with Gasteiger partial charge in [0, 0.05) is 29.7 Å². The van der Waals surface area contributed by atoms with Gasteiger partial charge in [-0.3, -0.25) is 4.90 Å². The van der Waals surface area contributed by atoms with Crippen LogP contribution in [0.1, 0.15) is 25.3 Å². The van der Waals surface area contributed by atoms with Crippen LogP contribution in [-0.4, -0.2) is 29.1 Å². The number of piperidine rings is 1. The molecule has 1 aliphatic heterocycles. The number of phenols is 1. The first-order chi connectivity index (χ1) is 9.02. The third-order valence-corrected chi connectivity index (χ3v) is 4.46. The van der Waals surface area contributed by atoms with E-state index in [1.54, 1.807) is 12.1 Å². The number of rotatable bonds is 3. The fourth-order valence-corrected chi connectivity index (χ4v) is 3.41. The summed E-state index contributed by atoms with van der Waals surface area (Å²) in [5, 5.41) is 10.9. The highest BCUT2D eigenvalue weighted by Gasteiger charge is 2.28. The van der Waals surface area contributed by atoms with E-state index >= 15 is 0 Å². The highest BCUT2D eigenvalue weighted by molar-refractivity contribution is 6.35. The average Bonchev–Trinajstić information content (AvgIpc) is 2.35. The van der Waals surface area contributed by atoms with Gasteiger partial charge in [0.25, 0.3) is 0 Å². The molecule has 0 amide bonds. The smallest absolute Gasteiger partial charge is 0.138 e. The van der Waals surface area contributed by atoms with Crippen LogP contribution >= 0.6 is 23.2 Å². The quantitative estimate of drug-likeness (QED) is 0.901. The molecule has 2 rings (SSSR count). The lowest BCUT2D eigenvalue weighted by molar-refractivity contribution is 0.0982. The molecule has 106 valence electrons. The maximum Gasteiger partial charge on any atom is 0.138 e. The highest BCUT2D eigenvalue weighted by Crippen LogP contribution is 2.33. The molecule has 0 aromatic heterocycles. The van der Waals surface area contributed by atoms with Gasteiger partial charge in [0.2, 0.25) is 0 Å². The number of aromatic hydroxyl groups is 1. The Morgan fingerprint density at radius 3 is 2.84 bits per heavy atom. The van der Waals surface area contributed by atoms with Gasteiger partial charge in [0.05, 0.1) is 5.02 Å². The van der Waals surface area contributed by atoms with Gasteiger partial charge in [-0.2, -0.15) is 0 Å². The second-order valence-electron chi connectivity index (χ2n) is 5.29. The van der Waals surface area contributed by atoms with E-state index in [1.807, 2.05) is 0 Å². The molecule has 0 spiro atoms. The molecule has 0 saturated carbocycles. The van der Waals surface area contributed by atoms with Gasteiger partial charge in [0.1, 0.15) is 5.75 Å². The summed E-state index contributed by atoms with van der Waals surface area (Å²) in [6.07, 6.45) is 2.37. The van der Waals surface area contributed by atoms with Gasteiger partial charge >= 0.3 is 0 Å². The van der Waals surface area contributed by atoms with Gasteiger partial charge in [-0.1, -0.05) is 30.1 Å². The van der Waals surface area contributed by atoms with Crippen molar-refractivity contribution >= 4 is 23.2 Å². The summed E-state index contributed by atoms with van der Waals surface area (Å²) in [6, 6.07) is 3.68. The maximum absolute atomic E-state index is 10.0. The lowest BCUT2D eigenvalue weighted by atomic mass is 9.90. The Hall–Kier alpha value is -0.480. The van der Waals surface area contributed by atoms with Crippen molar-refractivity contribution in [2.24, 2.45) is 11.7 Å². The first-order valence-electron chi connectivity index (χ1n) is 6.64. The SMILES string of the molecule is CC1CCCN(Cc2cc(Cl)cc(Cl)c2O)C1CN. The van der Waals surface area contributed by atoms with Crippen molar-refractivity contribution in [3.8, 4) is 5.75 Å². The number of benzene rings is 1. The Kier molecular flexibility index (Phi) is 4.96. The summed E-state index contributed by atoms with van der Waals surface area (Å²) < 4.78 is 0. The fourth-order valence-electron chi connectivity index (χ4n) is 2.87. The standard InChI is InChI=1S/C14H20Cl2N2O/c1-9-3-2-4-18(13(9)7-17)8-10-5-11(15)6-12(16)14(10)19/h5-6,9,13,19H,2-4,7-8,17H2,1H3. The van der Waals surface area contributed by atoms with Gasteiger partial charge in [-0.05, 0) is 37.4 Å². The van der Waals surface area contributed by atoms with E-state index in [0.717, 1.165) is 18.5 Å². The van der Waals surface area contributed by atoms with Crippen molar-refractivity contribution < 1.29 is 5.11 Å². The van der Waals surface area contributed by atoms with E-state index in [-0.39, 0.29) is 5.75 Å². The molecule has 0 bridgehead atoms. The summed E-state index contributed by atoms with van der Waals surface area (Å²) in [5.74, 6) is 0.704. The summed E-state index contributed by atoms with van der Waals surface area (Å²) in [7, 11) is 0. The van der Waals surface area contributed by atoms with Crippen LogP contribution in [0.3, 0.4) is 0 Å². The molecule has 0 radical (unpaired) electrons. The normalized spacial score (nSPS) is 24.6. The number of hydrogen-bond donors (Lipinski definition) is 2. The first kappa shape index (κ1) is 14.9. The van der Waals surface area contributed by atoms with Crippen molar-refractivity contribution in [2.45, 2.75) is 32.4 Å². The lowest BCUT2D eigenvalue weighted by Crippen LogP contribution is -2.48. The summed E-state index contributed by atoms with van der Waals surface area (Å²) in [4.78, 5) is 2.32. The highest BCUT2D eigenvalue weighted by atomic mass is 35.5. The fraction of sp³-hybridized carbons (Fsp3) is 0.571. The van der Waals surface area contributed by atoms with Gasteiger partial charge < -0.3 is 10.8 Å². The number of phenolic OH excluding ortho intramolecular Hbond substituents is 1. The molecule has 1 heterocycles. The second-order valence-corrected chi connectivity index (χ2v) is 6.13. The second kappa shape index (κ2) is 6.31. The van der Waals surface area contributed by atoms with Gasteiger partial charge in [-0.25, -0.2) is 0 Å². The van der Waals surface area contributed by atoms with Crippen molar-refractivity contribution in [3.05, 3.63) is 27.7 Å². The largest absolute Gasteiger partial charge is 0.506 e. The molecule has 1 aliphatic rings. The van der Waals surface area contributed by atoms with Crippen LogP contribution in [0.15, 0.2) is 12.1 Å². The third kappa shape index (κ3) is 3.34. The van der Waals surface area contributed by atoms with Crippen LogP contribution in [0.2, 0.25) is 10.0 Å². The molecule has 3 nitrogen and oxygen atoms in total. The molecule has 5 heteroatoms. The Balaban J connectivity index is 2.20. The van der Waals surface area contributed by atoms with E-state index in [1.165, 1.54) is 6.42 Å². The van der Waals surface area contributed by atoms with E-state index in [9.17, 15) is 5.11 Å². The third-order valence-electron chi connectivity index (χ3n) is 3.95. The zero-order chi connectivity index (χ0) is 14.0. The molecule has 2 atom stereocenters. The van der Waals surface area contributed by atoms with Crippen LogP contribution < -0.4 is 5.73 Å². The molecule has 1 aromatic rings. The van der Waals surface area contributed by atoms with Crippen LogP contribution in [-0.2, 0) is 6.54 Å². The van der Waals surface area contributed by atoms with E-state index in [0.29, 0.717) is 35.1 Å². The van der Waals surface area contributed by atoms with Crippen molar-refractivity contribution in [2.75, 3.05) is 13.1 Å². The predicted molar refractivity (Wildman–Crippen MR) is 79.8 cm³/mol. The summed E-state index contributed by atoms with van der Waals surface area (Å²) >= 11 is 12.0. The maximum atomic E-state index is 10.0. The first-order valence-corrected chi connectivity index (χ1v) is 7.39. The number of likely N-dealkylation sites (tertiary alicyclic amines) is 1. The minimum atomic E-state index is 0.125. The van der Waals surface area contributed by atoms with Gasteiger partial charge in [0.15, 0.2) is 0 Å². The van der Waals surface area contributed by atoms with Crippen LogP contribution in [0.5, 0.6) is 5.75 Å². The van der Waals surface area contributed by atoms with E-state index < -0.39 is 0 Å². The zero-order valence-corrected chi connectivity index (χ0v) is 12.6. The Bertz CT molecular complexity index is 453. The monoisotopic (exact) mass is 302 g/mol. The molecule has 1 saturated heterocycles. The Morgan fingerprint density at radius 1 is 1.42 bits per heavy atom. The molecule has 0 aliphatic carbocycles. The van der Waals surface area contributed by atoms with Crippen molar-refractivity contribution in [1.29, 1.82) is 0 Å². The number of halogens is 2. The van der Waals surface area contributed by atoms with Crippen molar-refractivity contribution in [1.82, 2.24) is 4.90 Å². The lowest BCUT2D eigenvalue weighted by Gasteiger charge is -2.39. The molecule has 1 fully saturated rings. The Labute approximate surface area is 124 Å². The summed E-state index contributed by atoms with van der Waals surface area (Å²) in [5.41, 5.74) is 6.65. The van der Waals surface area contributed by atoms with Crippen LogP contribution in [0, 0.1) is 5.92 Å². The summed E-state index contributed by atoms with van der Waals surface area (Å²) in [6.45, 7) is 4.50. The number of nitrogens with zero attached hydrogens (tertiary/aromatic N) is 1. The number of nitrogens with two attached hydrogens (primary N) is 1. The molecule has 19 heavy (non-hydrogen) atoms. The van der Waals surface area contributed by atoms with E-state index in [4.69, 9.17) is 28.9 Å². The Morgan fingerprint density at radius 2 is 2.16 bits per heavy atom. The topological polar surface area (TPSA) is 49.5 Å². The number of hydrogen-bond acceptors (Lipinski definition) is 3. The molecular formula is C14H20Cl2N2O. The molecule has 2 unspecified atom stereocenters. The average molecular weight is 303 g/mol. The van der Waals surface area contributed by atoms with Gasteiger partial charge in [-0.15, -0.1) is 0 Å². The zero-order valence-electron chi connectivity index (χ0n) is 11.1. The molecular weight excluding hydrogens is 283 g/mol. The molecule has 3 N–H and O–H groups in total. The minimum Gasteiger partial charge on any atom is -0.506 e. The predicted octanol–water partition coefficient (Wildman–Crippen LogP) is 3.26. The van der Waals surface area contributed by atoms with Crippen LogP contribution in [0.25, 0.3) is 0 Å². The van der Waals surface area contributed by atoms with Crippen LogP contribution in [0.4, 0.5) is 0 Å². The minimum absolute atomic E-state index is 0.125. The van der Waals surface area contributed by atoms with Crippen molar-refractivity contribution in [3.63, 3.8) is 0 Å².